The Morgan fingerprint density at radius 3 is 2.35 bits per heavy atom. The van der Waals surface area contributed by atoms with Gasteiger partial charge in [0.2, 0.25) is 0 Å². The van der Waals surface area contributed by atoms with Crippen molar-refractivity contribution in [1.29, 1.82) is 0 Å². The third-order valence-corrected chi connectivity index (χ3v) is 7.60. The molecule has 0 radical (unpaired) electrons. The molecule has 2 N–H and O–H groups in total. The van der Waals surface area contributed by atoms with Crippen molar-refractivity contribution in [2.24, 2.45) is 17.1 Å². The van der Waals surface area contributed by atoms with Crippen LogP contribution < -0.4 is 5.73 Å². The van der Waals surface area contributed by atoms with Crippen molar-refractivity contribution in [1.82, 2.24) is 4.90 Å². The number of nitrogens with two attached hydrogens (primary N) is 1. The second-order valence-electron chi connectivity index (χ2n) is 7.62. The number of hydrogen-bond acceptors (Lipinski definition) is 3. The molecule has 1 saturated carbocycles. The Labute approximate surface area is 130 Å². The summed E-state index contributed by atoms with van der Waals surface area (Å²) in [6, 6.07) is 0.749. The maximum absolute atomic E-state index is 6.32. The Balaban J connectivity index is 2.10. The lowest BCUT2D eigenvalue weighted by molar-refractivity contribution is -0.0223. The van der Waals surface area contributed by atoms with Crippen LogP contribution in [0, 0.1) is 11.3 Å². The van der Waals surface area contributed by atoms with Crippen molar-refractivity contribution < 1.29 is 0 Å². The van der Waals surface area contributed by atoms with Gasteiger partial charge in [-0.05, 0) is 56.2 Å². The summed E-state index contributed by atoms with van der Waals surface area (Å²) < 4.78 is 0. The van der Waals surface area contributed by atoms with Crippen LogP contribution in [-0.2, 0) is 0 Å². The van der Waals surface area contributed by atoms with Gasteiger partial charge in [-0.3, -0.25) is 4.90 Å². The van der Waals surface area contributed by atoms with Gasteiger partial charge in [0.05, 0.1) is 0 Å². The van der Waals surface area contributed by atoms with Crippen molar-refractivity contribution in [2.45, 2.75) is 70.9 Å². The number of likely N-dealkylation sites (N-methyl/N-ethyl adjacent to an activating group) is 1. The van der Waals surface area contributed by atoms with E-state index in [1.807, 2.05) is 0 Å². The maximum atomic E-state index is 6.32. The van der Waals surface area contributed by atoms with Crippen molar-refractivity contribution >= 4 is 11.8 Å². The van der Waals surface area contributed by atoms with Crippen LogP contribution in [0.2, 0.25) is 0 Å². The van der Waals surface area contributed by atoms with Gasteiger partial charge in [0, 0.05) is 23.9 Å². The molecule has 2 aliphatic rings. The van der Waals surface area contributed by atoms with Gasteiger partial charge in [0.1, 0.15) is 0 Å². The topological polar surface area (TPSA) is 29.3 Å². The Bertz CT molecular complexity index is 310. The van der Waals surface area contributed by atoms with E-state index in [4.69, 9.17) is 5.73 Å². The van der Waals surface area contributed by atoms with Crippen LogP contribution in [0.1, 0.15) is 59.3 Å². The highest BCUT2D eigenvalue weighted by atomic mass is 32.2. The highest BCUT2D eigenvalue weighted by molar-refractivity contribution is 7.99. The molecule has 2 fully saturated rings. The number of rotatable bonds is 4. The van der Waals surface area contributed by atoms with Gasteiger partial charge in [-0.1, -0.05) is 27.2 Å². The van der Waals surface area contributed by atoms with Gasteiger partial charge >= 0.3 is 0 Å². The summed E-state index contributed by atoms with van der Waals surface area (Å²) in [5.41, 5.74) is 6.85. The molecule has 2 nitrogen and oxygen atoms in total. The lowest BCUT2D eigenvalue weighted by Gasteiger charge is -2.57. The molecular formula is C17H34N2S. The van der Waals surface area contributed by atoms with Crippen molar-refractivity contribution in [3.05, 3.63) is 0 Å². The monoisotopic (exact) mass is 298 g/mol. The highest BCUT2D eigenvalue weighted by Gasteiger charge is 2.50. The molecule has 0 aromatic rings. The van der Waals surface area contributed by atoms with E-state index in [0.29, 0.717) is 5.41 Å². The zero-order chi connectivity index (χ0) is 14.8. The first-order chi connectivity index (χ1) is 9.47. The summed E-state index contributed by atoms with van der Waals surface area (Å²) in [5, 5.41) is 0. The molecule has 0 spiro atoms. The molecule has 1 aliphatic carbocycles. The number of nitrogens with zero attached hydrogens (tertiary/aromatic N) is 1. The van der Waals surface area contributed by atoms with Crippen molar-refractivity contribution in [2.75, 3.05) is 25.1 Å². The summed E-state index contributed by atoms with van der Waals surface area (Å²) in [5.74, 6) is 3.48. The van der Waals surface area contributed by atoms with Gasteiger partial charge in [-0.15, -0.1) is 0 Å². The summed E-state index contributed by atoms with van der Waals surface area (Å²) >= 11 is 2.10. The minimum Gasteiger partial charge on any atom is -0.329 e. The van der Waals surface area contributed by atoms with Crippen LogP contribution in [0.5, 0.6) is 0 Å². The Hall–Kier alpha value is 0.270. The molecule has 0 aromatic carbocycles. The predicted octanol–water partition coefficient (Wildman–Crippen LogP) is 3.75. The summed E-state index contributed by atoms with van der Waals surface area (Å²) in [6.45, 7) is 8.02. The molecule has 1 aliphatic heterocycles. The first-order valence-electron chi connectivity index (χ1n) is 8.47. The first kappa shape index (κ1) is 16.6. The summed E-state index contributed by atoms with van der Waals surface area (Å²) in [7, 11) is 2.36. The van der Waals surface area contributed by atoms with E-state index < -0.39 is 0 Å². The molecule has 20 heavy (non-hydrogen) atoms. The Kier molecular flexibility index (Phi) is 5.47. The zero-order valence-corrected chi connectivity index (χ0v) is 14.8. The van der Waals surface area contributed by atoms with E-state index in [2.05, 4.69) is 44.5 Å². The third-order valence-electron chi connectivity index (χ3n) is 6.43. The van der Waals surface area contributed by atoms with Crippen LogP contribution in [0.25, 0.3) is 0 Å². The summed E-state index contributed by atoms with van der Waals surface area (Å²) in [6.07, 6.45) is 8.23. The molecule has 3 heteroatoms. The minimum atomic E-state index is 0.194. The molecule has 0 bridgehead atoms. The van der Waals surface area contributed by atoms with E-state index >= 15 is 0 Å². The molecule has 118 valence electrons. The SMILES string of the molecule is CCC1CCC(N(C)C2(CN)CSCCC2(C)C)CC1. The van der Waals surface area contributed by atoms with Crippen LogP contribution in [-0.4, -0.2) is 41.6 Å². The molecule has 0 amide bonds. The fourth-order valence-corrected chi connectivity index (χ4v) is 6.19. The normalized spacial score (nSPS) is 38.1. The molecular weight excluding hydrogens is 264 g/mol. The van der Waals surface area contributed by atoms with E-state index in [1.165, 1.54) is 50.0 Å². The maximum Gasteiger partial charge on any atom is 0.0472 e. The molecule has 0 aromatic heterocycles. The lowest BCUT2D eigenvalue weighted by atomic mass is 9.68. The Morgan fingerprint density at radius 2 is 1.85 bits per heavy atom. The summed E-state index contributed by atoms with van der Waals surface area (Å²) in [4.78, 5) is 2.70. The van der Waals surface area contributed by atoms with Crippen LogP contribution in [0.4, 0.5) is 0 Å². The average Bonchev–Trinajstić information content (AvgIpc) is 2.46. The average molecular weight is 299 g/mol. The third kappa shape index (κ3) is 2.91. The largest absolute Gasteiger partial charge is 0.329 e. The van der Waals surface area contributed by atoms with Gasteiger partial charge in [0.25, 0.3) is 0 Å². The zero-order valence-electron chi connectivity index (χ0n) is 14.0. The first-order valence-corrected chi connectivity index (χ1v) is 9.63. The second kappa shape index (κ2) is 6.58. The van der Waals surface area contributed by atoms with E-state index in [1.54, 1.807) is 0 Å². The van der Waals surface area contributed by atoms with Crippen molar-refractivity contribution in [3.63, 3.8) is 0 Å². The lowest BCUT2D eigenvalue weighted by Crippen LogP contribution is -2.67. The number of hydrogen-bond donors (Lipinski definition) is 1. The second-order valence-corrected chi connectivity index (χ2v) is 8.72. The Morgan fingerprint density at radius 1 is 1.20 bits per heavy atom. The predicted molar refractivity (Wildman–Crippen MR) is 91.3 cm³/mol. The van der Waals surface area contributed by atoms with E-state index in [-0.39, 0.29) is 5.54 Å². The van der Waals surface area contributed by atoms with Gasteiger partial charge in [0.15, 0.2) is 0 Å². The molecule has 1 heterocycles. The number of thioether (sulfide) groups is 1. The molecule has 1 unspecified atom stereocenters. The van der Waals surface area contributed by atoms with Crippen LogP contribution in [0.15, 0.2) is 0 Å². The minimum absolute atomic E-state index is 0.194. The highest BCUT2D eigenvalue weighted by Crippen LogP contribution is 2.47. The standard InChI is InChI=1S/C17H34N2S/c1-5-14-6-8-15(9-7-14)19(4)17(12-18)13-20-11-10-16(17,2)3/h14-15H,5-13,18H2,1-4H3. The van der Waals surface area contributed by atoms with Crippen LogP contribution in [0.3, 0.4) is 0 Å². The van der Waals surface area contributed by atoms with Gasteiger partial charge in [-0.2, -0.15) is 11.8 Å². The van der Waals surface area contributed by atoms with Crippen LogP contribution >= 0.6 is 11.8 Å². The smallest absolute Gasteiger partial charge is 0.0472 e. The molecule has 1 atom stereocenters. The fraction of sp³-hybridized carbons (Fsp3) is 1.00. The van der Waals surface area contributed by atoms with Gasteiger partial charge < -0.3 is 5.73 Å². The van der Waals surface area contributed by atoms with E-state index in [0.717, 1.165) is 18.5 Å². The van der Waals surface area contributed by atoms with E-state index in [9.17, 15) is 0 Å². The fourth-order valence-electron chi connectivity index (χ4n) is 4.34. The van der Waals surface area contributed by atoms with Crippen molar-refractivity contribution in [3.8, 4) is 0 Å². The molecule has 2 rings (SSSR count). The van der Waals surface area contributed by atoms with Gasteiger partial charge in [-0.25, -0.2) is 0 Å². The quantitative estimate of drug-likeness (QED) is 0.857. The molecule has 1 saturated heterocycles.